The van der Waals surface area contributed by atoms with Crippen LogP contribution in [-0.2, 0) is 0 Å². The van der Waals surface area contributed by atoms with E-state index in [0.29, 0.717) is 38.3 Å². The van der Waals surface area contributed by atoms with Crippen molar-refractivity contribution in [2.45, 2.75) is 0 Å². The van der Waals surface area contributed by atoms with Crippen molar-refractivity contribution < 1.29 is 14.0 Å². The average molecular weight is 626 g/mol. The predicted molar refractivity (Wildman–Crippen MR) is 184 cm³/mol. The molecule has 0 aliphatic carbocycles. The Labute approximate surface area is 266 Å². The smallest absolute Gasteiger partial charge is 0.267 e. The summed E-state index contributed by atoms with van der Waals surface area (Å²) in [6, 6.07) is 32.9. The molecule has 7 rings (SSSR count). The van der Waals surface area contributed by atoms with E-state index >= 15 is 4.39 Å². The van der Waals surface area contributed by atoms with Gasteiger partial charge in [-0.1, -0.05) is 66.7 Å². The van der Waals surface area contributed by atoms with Gasteiger partial charge < -0.3 is 11.1 Å². The fourth-order valence-electron chi connectivity index (χ4n) is 5.31. The van der Waals surface area contributed by atoms with Crippen molar-refractivity contribution in [3.8, 4) is 22.4 Å². The molecule has 218 valence electrons. The van der Waals surface area contributed by atoms with Crippen molar-refractivity contribution >= 4 is 72.8 Å². The second-order valence-corrected chi connectivity index (χ2v) is 12.3. The van der Waals surface area contributed by atoms with Crippen molar-refractivity contribution in [3.05, 3.63) is 142 Å². The van der Waals surface area contributed by atoms with E-state index < -0.39 is 11.7 Å². The zero-order valence-electron chi connectivity index (χ0n) is 23.7. The summed E-state index contributed by atoms with van der Waals surface area (Å²) in [5.41, 5.74) is 10.4. The number of anilines is 2. The second kappa shape index (κ2) is 11.9. The first-order chi connectivity index (χ1) is 22.0. The van der Waals surface area contributed by atoms with E-state index in [1.807, 2.05) is 66.0 Å². The number of nitrogen functional groups attached to an aromatic ring is 1. The minimum atomic E-state index is -0.418. The number of rotatable bonds is 7. The largest absolute Gasteiger partial charge is 0.397 e. The van der Waals surface area contributed by atoms with E-state index in [4.69, 9.17) is 10.7 Å². The van der Waals surface area contributed by atoms with Crippen LogP contribution >= 0.6 is 22.7 Å². The lowest BCUT2D eigenvalue weighted by atomic mass is 9.96. The zero-order chi connectivity index (χ0) is 30.9. The normalized spacial score (nSPS) is 11.4. The summed E-state index contributed by atoms with van der Waals surface area (Å²) in [4.78, 5) is 32.9. The van der Waals surface area contributed by atoms with Crippen molar-refractivity contribution in [1.29, 1.82) is 0 Å². The number of ketones is 1. The van der Waals surface area contributed by atoms with Gasteiger partial charge in [-0.2, -0.15) is 0 Å². The van der Waals surface area contributed by atoms with Gasteiger partial charge in [0.25, 0.3) is 5.91 Å². The Kier molecular flexibility index (Phi) is 7.51. The number of nitrogens with two attached hydrogens (primary N) is 1. The van der Waals surface area contributed by atoms with Gasteiger partial charge in [-0.25, -0.2) is 9.37 Å². The van der Waals surface area contributed by atoms with Crippen molar-refractivity contribution in [2.75, 3.05) is 11.1 Å². The summed E-state index contributed by atoms with van der Waals surface area (Å²) >= 11 is 2.71. The maximum Gasteiger partial charge on any atom is 0.267 e. The number of benzene rings is 4. The number of thiophene rings is 2. The molecule has 0 bridgehead atoms. The molecular weight excluding hydrogens is 602 g/mol. The number of carbonyl (C=O) groups excluding carboxylic acids is 2. The summed E-state index contributed by atoms with van der Waals surface area (Å²) in [6.07, 6.45) is 3.31. The summed E-state index contributed by atoms with van der Waals surface area (Å²) in [5.74, 6) is -0.951. The zero-order valence-corrected chi connectivity index (χ0v) is 25.3. The quantitative estimate of drug-likeness (QED) is 0.136. The van der Waals surface area contributed by atoms with Crippen LogP contribution in [0.4, 0.5) is 15.8 Å². The first-order valence-electron chi connectivity index (χ1n) is 14.1. The molecule has 0 saturated heterocycles. The van der Waals surface area contributed by atoms with Crippen molar-refractivity contribution in [1.82, 2.24) is 4.98 Å². The molecule has 0 aliphatic heterocycles. The van der Waals surface area contributed by atoms with Crippen LogP contribution in [0.1, 0.15) is 24.9 Å². The van der Waals surface area contributed by atoms with Gasteiger partial charge in [-0.3, -0.25) is 9.59 Å². The Morgan fingerprint density at radius 1 is 0.822 bits per heavy atom. The molecule has 0 radical (unpaired) electrons. The second-order valence-electron chi connectivity index (χ2n) is 10.3. The minimum absolute atomic E-state index is 0.135. The molecule has 8 heteroatoms. The third kappa shape index (κ3) is 5.53. The summed E-state index contributed by atoms with van der Waals surface area (Å²) in [5, 5.41) is 7.43. The van der Waals surface area contributed by atoms with Crippen LogP contribution in [0.3, 0.4) is 0 Å². The van der Waals surface area contributed by atoms with Crippen LogP contribution < -0.4 is 11.1 Å². The molecule has 0 spiro atoms. The van der Waals surface area contributed by atoms with E-state index in [2.05, 4.69) is 5.32 Å². The number of halogens is 1. The first-order valence-corrected chi connectivity index (χ1v) is 15.8. The van der Waals surface area contributed by atoms with Gasteiger partial charge in [0.05, 0.1) is 11.4 Å². The van der Waals surface area contributed by atoms with E-state index in [1.54, 1.807) is 59.9 Å². The van der Waals surface area contributed by atoms with E-state index in [1.165, 1.54) is 12.1 Å². The van der Waals surface area contributed by atoms with Gasteiger partial charge in [-0.15, -0.1) is 22.7 Å². The van der Waals surface area contributed by atoms with Crippen LogP contribution in [0.15, 0.2) is 121 Å². The molecule has 4 aromatic carbocycles. The van der Waals surface area contributed by atoms with Crippen molar-refractivity contribution in [3.63, 3.8) is 0 Å². The maximum atomic E-state index is 15.2. The van der Waals surface area contributed by atoms with Crippen LogP contribution in [0.25, 0.3) is 49.4 Å². The molecule has 3 N–H and O–H groups in total. The number of nitrogens with zero attached hydrogens (tertiary/aromatic N) is 1. The van der Waals surface area contributed by atoms with Gasteiger partial charge in [0, 0.05) is 32.6 Å². The van der Waals surface area contributed by atoms with Crippen LogP contribution in [0.2, 0.25) is 0 Å². The Balaban J connectivity index is 1.25. The number of carbonyl (C=O) groups is 2. The number of amides is 1. The number of allylic oxidation sites excluding steroid dienone is 1. The lowest BCUT2D eigenvalue weighted by Gasteiger charge is -2.11. The SMILES string of the molecule is Nc1c(C(=O)Nc2ccc(C(=O)/C=C/c3cccs3)cc2)sc2nc(-c3cccc4ccccc34)cc(-c3ccccc3F)c12. The third-order valence-corrected chi connectivity index (χ3v) is 9.44. The van der Waals surface area contributed by atoms with Crippen LogP contribution in [0.5, 0.6) is 0 Å². The summed E-state index contributed by atoms with van der Waals surface area (Å²) in [7, 11) is 0. The van der Waals surface area contributed by atoms with Gasteiger partial charge in [0.2, 0.25) is 0 Å². The highest BCUT2D eigenvalue weighted by molar-refractivity contribution is 7.21. The number of aromatic nitrogens is 1. The van der Waals surface area contributed by atoms with Gasteiger partial charge >= 0.3 is 0 Å². The summed E-state index contributed by atoms with van der Waals surface area (Å²) in [6.45, 7) is 0. The third-order valence-electron chi connectivity index (χ3n) is 7.50. The van der Waals surface area contributed by atoms with E-state index in [0.717, 1.165) is 32.5 Å². The monoisotopic (exact) mass is 625 g/mol. The van der Waals surface area contributed by atoms with E-state index in [-0.39, 0.29) is 16.3 Å². The van der Waals surface area contributed by atoms with Crippen molar-refractivity contribution in [2.24, 2.45) is 0 Å². The Hall–Kier alpha value is -5.44. The van der Waals surface area contributed by atoms with E-state index in [9.17, 15) is 9.59 Å². The maximum absolute atomic E-state index is 15.2. The number of fused-ring (bicyclic) bond motifs is 2. The fourth-order valence-corrected chi connectivity index (χ4v) is 6.95. The highest BCUT2D eigenvalue weighted by atomic mass is 32.1. The van der Waals surface area contributed by atoms with Crippen LogP contribution in [0, 0.1) is 5.82 Å². The molecular formula is C37H24FN3O2S2. The molecule has 7 aromatic rings. The molecule has 0 aliphatic rings. The fraction of sp³-hybridized carbons (Fsp3) is 0. The lowest BCUT2D eigenvalue weighted by Crippen LogP contribution is -2.12. The Bertz CT molecular complexity index is 2250. The van der Waals surface area contributed by atoms with Gasteiger partial charge in [0.15, 0.2) is 5.78 Å². The number of hydrogen-bond acceptors (Lipinski definition) is 6. The summed E-state index contributed by atoms with van der Waals surface area (Å²) < 4.78 is 15.2. The first kappa shape index (κ1) is 28.3. The average Bonchev–Trinajstić information content (AvgIpc) is 3.71. The molecule has 0 saturated carbocycles. The lowest BCUT2D eigenvalue weighted by molar-refractivity contribution is 0.102. The van der Waals surface area contributed by atoms with Gasteiger partial charge in [0.1, 0.15) is 15.5 Å². The predicted octanol–water partition coefficient (Wildman–Crippen LogP) is 9.71. The highest BCUT2D eigenvalue weighted by Gasteiger charge is 2.23. The molecule has 3 aromatic heterocycles. The molecule has 0 fully saturated rings. The Morgan fingerprint density at radius 3 is 2.38 bits per heavy atom. The molecule has 45 heavy (non-hydrogen) atoms. The number of pyridine rings is 1. The van der Waals surface area contributed by atoms with Crippen LogP contribution in [-0.4, -0.2) is 16.7 Å². The molecule has 0 atom stereocenters. The highest BCUT2D eigenvalue weighted by Crippen LogP contribution is 2.43. The number of nitrogens with one attached hydrogen (secondary N) is 1. The molecule has 1 amide bonds. The van der Waals surface area contributed by atoms with Gasteiger partial charge in [-0.05, 0) is 76.3 Å². The Morgan fingerprint density at radius 2 is 1.58 bits per heavy atom. The number of hydrogen-bond donors (Lipinski definition) is 2. The topological polar surface area (TPSA) is 85.1 Å². The molecule has 3 heterocycles. The molecule has 0 unspecified atom stereocenters. The molecule has 5 nitrogen and oxygen atoms in total. The minimum Gasteiger partial charge on any atom is -0.397 e. The standard InChI is InChI=1S/C37H24FN3O2S2/c38-30-13-4-3-11-27(30)29-21-31(28-12-5-8-22-7-1-2-10-26(22)28)41-37-33(29)34(39)35(45-37)36(43)40-24-16-14-23(15-17-24)32(42)19-18-25-9-6-20-44-25/h1-21H,39H2,(H,40,43)/b19-18+.